The number of ether oxygens (including phenoxy) is 1. The second-order valence-electron chi connectivity index (χ2n) is 4.69. The molecule has 0 fully saturated rings. The predicted octanol–water partition coefficient (Wildman–Crippen LogP) is 0.956. The van der Waals surface area contributed by atoms with Crippen LogP contribution in [0, 0.1) is 5.92 Å². The fraction of sp³-hybridized carbons (Fsp3) is 0.667. The molecule has 1 aromatic heterocycles. The Bertz CT molecular complexity index is 461. The van der Waals surface area contributed by atoms with Gasteiger partial charge in [-0.1, -0.05) is 25.2 Å². The van der Waals surface area contributed by atoms with Gasteiger partial charge in [0.05, 0.1) is 13.2 Å². The molecule has 112 valence electrons. The summed E-state index contributed by atoms with van der Waals surface area (Å²) in [6, 6.07) is -0.568. The van der Waals surface area contributed by atoms with E-state index in [1.54, 1.807) is 0 Å². The van der Waals surface area contributed by atoms with Crippen molar-refractivity contribution in [3.63, 3.8) is 0 Å². The Morgan fingerprint density at radius 1 is 1.40 bits per heavy atom. The van der Waals surface area contributed by atoms with E-state index in [0.717, 1.165) is 5.01 Å². The highest BCUT2D eigenvalue weighted by Crippen LogP contribution is 2.17. The van der Waals surface area contributed by atoms with Gasteiger partial charge in [0.25, 0.3) is 0 Å². The van der Waals surface area contributed by atoms with Crippen LogP contribution >= 0.6 is 11.3 Å². The van der Waals surface area contributed by atoms with Crippen LogP contribution in [0.15, 0.2) is 0 Å². The third kappa shape index (κ3) is 5.22. The van der Waals surface area contributed by atoms with Crippen molar-refractivity contribution in [2.75, 3.05) is 12.4 Å². The number of hydrogen-bond donors (Lipinski definition) is 2. The van der Waals surface area contributed by atoms with Crippen LogP contribution in [0.5, 0.6) is 0 Å². The van der Waals surface area contributed by atoms with Gasteiger partial charge in [0.2, 0.25) is 11.0 Å². The van der Waals surface area contributed by atoms with Gasteiger partial charge < -0.3 is 10.5 Å². The largest absolute Gasteiger partial charge is 0.469 e. The molecule has 20 heavy (non-hydrogen) atoms. The number of nitrogens with one attached hydrogen (secondary N) is 1. The maximum absolute atomic E-state index is 11.7. The molecule has 7 nitrogen and oxygen atoms in total. The summed E-state index contributed by atoms with van der Waals surface area (Å²) >= 11 is 1.29. The number of anilines is 1. The maximum Gasteiger partial charge on any atom is 0.305 e. The molecule has 0 aliphatic rings. The minimum atomic E-state index is -0.568. The van der Waals surface area contributed by atoms with E-state index >= 15 is 0 Å². The van der Waals surface area contributed by atoms with Gasteiger partial charge in [-0.3, -0.25) is 14.9 Å². The van der Waals surface area contributed by atoms with Crippen molar-refractivity contribution in [1.82, 2.24) is 10.2 Å². The minimum Gasteiger partial charge on any atom is -0.469 e. The predicted molar refractivity (Wildman–Crippen MR) is 76.3 cm³/mol. The fourth-order valence-corrected chi connectivity index (χ4v) is 2.17. The second-order valence-corrected chi connectivity index (χ2v) is 5.75. The Morgan fingerprint density at radius 2 is 2.10 bits per heavy atom. The van der Waals surface area contributed by atoms with Gasteiger partial charge in [-0.15, -0.1) is 10.2 Å². The Hall–Kier alpha value is -1.54. The zero-order valence-corrected chi connectivity index (χ0v) is 12.7. The second kappa shape index (κ2) is 7.91. The molecule has 1 heterocycles. The molecule has 0 aliphatic heterocycles. The molecule has 3 N–H and O–H groups in total. The summed E-state index contributed by atoms with van der Waals surface area (Å²) in [4.78, 5) is 22.7. The summed E-state index contributed by atoms with van der Waals surface area (Å²) in [5, 5.41) is 11.7. The van der Waals surface area contributed by atoms with Crippen LogP contribution in [0.4, 0.5) is 5.13 Å². The zero-order chi connectivity index (χ0) is 15.1. The van der Waals surface area contributed by atoms with E-state index < -0.39 is 6.04 Å². The summed E-state index contributed by atoms with van der Waals surface area (Å²) in [5.41, 5.74) is 5.74. The molecular formula is C12H20N4O3S. The van der Waals surface area contributed by atoms with E-state index in [-0.39, 0.29) is 17.8 Å². The quantitative estimate of drug-likeness (QED) is 0.726. The lowest BCUT2D eigenvalue weighted by Gasteiger charge is -2.13. The van der Waals surface area contributed by atoms with Crippen LogP contribution in [-0.2, 0) is 20.7 Å². The number of aromatic nitrogens is 2. The first kappa shape index (κ1) is 16.5. The normalized spacial score (nSPS) is 12.2. The first-order valence-electron chi connectivity index (χ1n) is 6.39. The molecule has 1 rings (SSSR count). The van der Waals surface area contributed by atoms with Crippen LogP contribution in [0.2, 0.25) is 0 Å². The van der Waals surface area contributed by atoms with Gasteiger partial charge in [-0.05, 0) is 12.3 Å². The highest BCUT2D eigenvalue weighted by Gasteiger charge is 2.18. The molecule has 0 spiro atoms. The Labute approximate surface area is 121 Å². The van der Waals surface area contributed by atoms with E-state index in [4.69, 9.17) is 5.73 Å². The molecule has 8 heteroatoms. The average Bonchev–Trinajstić information content (AvgIpc) is 2.84. The average molecular weight is 300 g/mol. The fourth-order valence-electron chi connectivity index (χ4n) is 1.38. The summed E-state index contributed by atoms with van der Waals surface area (Å²) in [7, 11) is 1.36. The lowest BCUT2D eigenvalue weighted by molar-refractivity contribution is -0.140. The van der Waals surface area contributed by atoms with E-state index in [9.17, 15) is 9.59 Å². The van der Waals surface area contributed by atoms with Crippen molar-refractivity contribution in [3.05, 3.63) is 5.01 Å². The molecule has 0 saturated heterocycles. The third-order valence-corrected chi connectivity index (χ3v) is 3.62. The topological polar surface area (TPSA) is 107 Å². The highest BCUT2D eigenvalue weighted by molar-refractivity contribution is 7.15. The monoisotopic (exact) mass is 300 g/mol. The van der Waals surface area contributed by atoms with Crippen molar-refractivity contribution in [3.8, 4) is 0 Å². The van der Waals surface area contributed by atoms with E-state index in [2.05, 4.69) is 20.3 Å². The molecular weight excluding hydrogens is 280 g/mol. The minimum absolute atomic E-state index is 0.0578. The van der Waals surface area contributed by atoms with Crippen molar-refractivity contribution in [2.45, 2.75) is 39.2 Å². The smallest absolute Gasteiger partial charge is 0.305 e. The van der Waals surface area contributed by atoms with Gasteiger partial charge in [0, 0.05) is 12.8 Å². The molecule has 0 bridgehead atoms. The van der Waals surface area contributed by atoms with Crippen molar-refractivity contribution in [2.24, 2.45) is 11.7 Å². The number of nitrogens with two attached hydrogens (primary N) is 1. The third-order valence-electron chi connectivity index (χ3n) is 2.72. The summed E-state index contributed by atoms with van der Waals surface area (Å²) in [6.45, 7) is 3.76. The Balaban J connectivity index is 2.43. The summed E-state index contributed by atoms with van der Waals surface area (Å²) < 4.78 is 4.55. The SMILES string of the molecule is COC(=O)CCCc1nnc(NC(=O)[C@@H](N)C(C)C)s1. The summed E-state index contributed by atoms with van der Waals surface area (Å²) in [5.74, 6) is -0.453. The lowest BCUT2D eigenvalue weighted by Crippen LogP contribution is -2.39. The number of hydrogen-bond acceptors (Lipinski definition) is 7. The van der Waals surface area contributed by atoms with E-state index in [0.29, 0.717) is 24.4 Å². The van der Waals surface area contributed by atoms with Crippen LogP contribution in [0.25, 0.3) is 0 Å². The number of esters is 1. The van der Waals surface area contributed by atoms with Gasteiger partial charge in [0.1, 0.15) is 5.01 Å². The van der Waals surface area contributed by atoms with E-state index in [1.807, 2.05) is 13.8 Å². The Kier molecular flexibility index (Phi) is 6.53. The van der Waals surface area contributed by atoms with E-state index in [1.165, 1.54) is 18.4 Å². The molecule has 0 saturated carbocycles. The van der Waals surface area contributed by atoms with Crippen LogP contribution in [0.1, 0.15) is 31.7 Å². The van der Waals surface area contributed by atoms with Gasteiger partial charge in [0.15, 0.2) is 0 Å². The highest BCUT2D eigenvalue weighted by atomic mass is 32.1. The van der Waals surface area contributed by atoms with Crippen LogP contribution in [0.3, 0.4) is 0 Å². The molecule has 1 amide bonds. The van der Waals surface area contributed by atoms with Gasteiger partial charge in [-0.2, -0.15) is 0 Å². The van der Waals surface area contributed by atoms with Crippen LogP contribution in [-0.4, -0.2) is 35.2 Å². The lowest BCUT2D eigenvalue weighted by atomic mass is 10.1. The van der Waals surface area contributed by atoms with Crippen molar-refractivity contribution >= 4 is 28.3 Å². The standard InChI is InChI=1S/C12H20N4O3S/c1-7(2)10(13)11(18)14-12-16-15-8(20-12)5-4-6-9(17)19-3/h7,10H,4-6,13H2,1-3H3,(H,14,16,18)/t10-/m0/s1. The number of carbonyl (C=O) groups excluding carboxylic acids is 2. The molecule has 0 unspecified atom stereocenters. The first-order chi connectivity index (χ1) is 9.43. The molecule has 0 aromatic carbocycles. The molecule has 1 atom stereocenters. The molecule has 0 radical (unpaired) electrons. The summed E-state index contributed by atoms with van der Waals surface area (Å²) in [6.07, 6.45) is 1.61. The Morgan fingerprint density at radius 3 is 2.70 bits per heavy atom. The van der Waals surface area contributed by atoms with Gasteiger partial charge in [-0.25, -0.2) is 0 Å². The van der Waals surface area contributed by atoms with Gasteiger partial charge >= 0.3 is 5.97 Å². The van der Waals surface area contributed by atoms with Crippen molar-refractivity contribution < 1.29 is 14.3 Å². The number of methoxy groups -OCH3 is 1. The van der Waals surface area contributed by atoms with Crippen molar-refractivity contribution in [1.29, 1.82) is 0 Å². The van der Waals surface area contributed by atoms with Crippen LogP contribution < -0.4 is 11.1 Å². The number of aryl methyl sites for hydroxylation is 1. The number of nitrogens with zero attached hydrogens (tertiary/aromatic N) is 2. The first-order valence-corrected chi connectivity index (χ1v) is 7.21. The number of rotatable bonds is 7. The molecule has 1 aromatic rings. The molecule has 0 aliphatic carbocycles. The maximum atomic E-state index is 11.7. The number of amides is 1. The number of carbonyl (C=O) groups is 2. The zero-order valence-electron chi connectivity index (χ0n) is 11.9.